The van der Waals surface area contributed by atoms with Gasteiger partial charge in [-0.15, -0.1) is 0 Å². The lowest BCUT2D eigenvalue weighted by Gasteiger charge is -2.33. The molecular weight excluding hydrogens is 461 g/mol. The largest absolute Gasteiger partial charge is 0.489 e. The number of rotatable bonds is 6. The summed E-state index contributed by atoms with van der Waals surface area (Å²) in [6.45, 7) is 8.71. The first-order valence-corrected chi connectivity index (χ1v) is 12.0. The van der Waals surface area contributed by atoms with E-state index in [0.717, 1.165) is 28.3 Å². The number of anilines is 1. The number of hydrazone groups is 1. The minimum absolute atomic E-state index is 0.268. The maximum Gasteiger partial charge on any atom is 0.191 e. The van der Waals surface area contributed by atoms with Gasteiger partial charge in [0, 0.05) is 17.7 Å². The Hall–Kier alpha value is -3.45. The molecule has 0 aromatic heterocycles. The molecule has 0 atom stereocenters. The lowest BCUT2D eigenvalue weighted by molar-refractivity contribution is 0.111. The summed E-state index contributed by atoms with van der Waals surface area (Å²) in [5, 5.41) is 8.20. The Balaban J connectivity index is 1.47. The Kier molecular flexibility index (Phi) is 7.36. The molecule has 0 bridgehead atoms. The summed E-state index contributed by atoms with van der Waals surface area (Å²) in [6, 6.07) is 20.1. The fourth-order valence-corrected chi connectivity index (χ4v) is 3.98. The summed E-state index contributed by atoms with van der Waals surface area (Å²) in [6.07, 6.45) is 0.597. The normalized spacial score (nSPS) is 15.3. The second kappa shape index (κ2) is 10.4. The van der Waals surface area contributed by atoms with Gasteiger partial charge in [0.25, 0.3) is 0 Å². The van der Waals surface area contributed by atoms with Gasteiger partial charge >= 0.3 is 0 Å². The number of ether oxygens (including phenoxy) is 2. The van der Waals surface area contributed by atoms with E-state index in [9.17, 15) is 4.39 Å². The zero-order valence-corrected chi connectivity index (χ0v) is 21.2. The van der Waals surface area contributed by atoms with Crippen LogP contribution >= 0.6 is 12.2 Å². The third-order valence-corrected chi connectivity index (χ3v) is 5.88. The summed E-state index contributed by atoms with van der Waals surface area (Å²) in [5.74, 6) is 1.62. The van der Waals surface area contributed by atoms with Gasteiger partial charge in [0.2, 0.25) is 0 Å². The van der Waals surface area contributed by atoms with Crippen molar-refractivity contribution < 1.29 is 13.9 Å². The maximum atomic E-state index is 13.2. The fourth-order valence-electron chi connectivity index (χ4n) is 3.82. The number of halogens is 1. The van der Waals surface area contributed by atoms with Gasteiger partial charge in [-0.2, -0.15) is 5.10 Å². The molecule has 4 rings (SSSR count). The highest BCUT2D eigenvalue weighted by molar-refractivity contribution is 7.80. The predicted octanol–water partition coefficient (Wildman–Crippen LogP) is 6.78. The smallest absolute Gasteiger partial charge is 0.191 e. The number of nitrogens with one attached hydrogen (secondary N) is 2. The fraction of sp³-hybridized carbons (Fsp3) is 0.286. The van der Waals surface area contributed by atoms with Crippen molar-refractivity contribution in [2.24, 2.45) is 5.10 Å². The molecule has 5 nitrogen and oxygen atoms in total. The molecular formula is C28H30FN3O2S. The van der Waals surface area contributed by atoms with Crippen molar-refractivity contribution in [3.63, 3.8) is 0 Å². The van der Waals surface area contributed by atoms with Crippen molar-refractivity contribution in [1.82, 2.24) is 5.43 Å². The van der Waals surface area contributed by atoms with Crippen LogP contribution in [0.15, 0.2) is 71.8 Å². The highest BCUT2D eigenvalue weighted by Crippen LogP contribution is 2.35. The molecule has 2 N–H and O–H groups in total. The van der Waals surface area contributed by atoms with Crippen LogP contribution < -0.4 is 20.2 Å². The third kappa shape index (κ3) is 6.57. The zero-order chi connectivity index (χ0) is 25.0. The van der Waals surface area contributed by atoms with Crippen LogP contribution in [-0.4, -0.2) is 16.4 Å². The van der Waals surface area contributed by atoms with Crippen LogP contribution in [0.25, 0.3) is 0 Å². The molecule has 0 saturated heterocycles. The van der Waals surface area contributed by atoms with Gasteiger partial charge in [-0.05, 0) is 85.6 Å². The SMILES string of the molecule is CC(C)c1ccc(NC(=S)NN=C2CC(C)(C)Oc3ccc(OCc4ccc(F)cc4)cc32)cc1. The number of hydrogen-bond acceptors (Lipinski definition) is 4. The molecule has 0 spiro atoms. The lowest BCUT2D eigenvalue weighted by Crippen LogP contribution is -2.37. The van der Waals surface area contributed by atoms with Crippen molar-refractivity contribution >= 4 is 28.7 Å². The number of fused-ring (bicyclic) bond motifs is 1. The first-order valence-electron chi connectivity index (χ1n) is 11.6. The molecule has 35 heavy (non-hydrogen) atoms. The van der Waals surface area contributed by atoms with Crippen LogP contribution in [0.5, 0.6) is 11.5 Å². The third-order valence-electron chi connectivity index (χ3n) is 5.69. The predicted molar refractivity (Wildman–Crippen MR) is 143 cm³/mol. The average molecular weight is 492 g/mol. The van der Waals surface area contributed by atoms with Crippen LogP contribution in [0.2, 0.25) is 0 Å². The van der Waals surface area contributed by atoms with E-state index in [1.54, 1.807) is 12.1 Å². The van der Waals surface area contributed by atoms with E-state index in [1.165, 1.54) is 17.7 Å². The van der Waals surface area contributed by atoms with Gasteiger partial charge in [-0.1, -0.05) is 38.1 Å². The van der Waals surface area contributed by atoms with Crippen LogP contribution in [0.4, 0.5) is 10.1 Å². The molecule has 3 aromatic rings. The second-order valence-electron chi connectivity index (χ2n) is 9.51. The van der Waals surface area contributed by atoms with Crippen molar-refractivity contribution in [3.8, 4) is 11.5 Å². The molecule has 182 valence electrons. The standard InChI is InChI=1S/C28H30FN3O2S/c1-18(2)20-7-11-22(12-8-20)30-27(35)32-31-25-16-28(3,4)34-26-14-13-23(15-24(25)26)33-17-19-5-9-21(29)10-6-19/h5-15,18H,16-17H2,1-4H3,(H2,30,32,35). The van der Waals surface area contributed by atoms with Gasteiger partial charge in [0.1, 0.15) is 29.5 Å². The number of thiocarbonyl (C=S) groups is 1. The van der Waals surface area contributed by atoms with E-state index in [4.69, 9.17) is 21.7 Å². The van der Waals surface area contributed by atoms with Gasteiger partial charge in [0.05, 0.1) is 5.71 Å². The average Bonchev–Trinajstić information content (AvgIpc) is 2.82. The molecule has 7 heteroatoms. The number of nitrogens with zero attached hydrogens (tertiary/aromatic N) is 1. The molecule has 0 amide bonds. The quantitative estimate of drug-likeness (QED) is 0.294. The Bertz CT molecular complexity index is 1220. The summed E-state index contributed by atoms with van der Waals surface area (Å²) in [4.78, 5) is 0. The Morgan fingerprint density at radius 3 is 2.49 bits per heavy atom. The molecule has 0 unspecified atom stereocenters. The molecule has 1 aliphatic rings. The van der Waals surface area contributed by atoms with Crippen LogP contribution in [0, 0.1) is 5.82 Å². The summed E-state index contributed by atoms with van der Waals surface area (Å²) in [5.41, 5.74) is 7.29. The zero-order valence-electron chi connectivity index (χ0n) is 20.4. The van der Waals surface area contributed by atoms with E-state index in [-0.39, 0.29) is 5.82 Å². The first kappa shape index (κ1) is 24.7. The van der Waals surface area contributed by atoms with E-state index in [0.29, 0.717) is 29.8 Å². The molecule has 3 aromatic carbocycles. The number of benzene rings is 3. The van der Waals surface area contributed by atoms with Gasteiger partial charge < -0.3 is 14.8 Å². The number of hydrogen-bond donors (Lipinski definition) is 2. The van der Waals surface area contributed by atoms with Gasteiger partial charge in [0.15, 0.2) is 5.11 Å². The molecule has 1 heterocycles. The van der Waals surface area contributed by atoms with Crippen LogP contribution in [0.1, 0.15) is 56.7 Å². The lowest BCUT2D eigenvalue weighted by atomic mass is 9.92. The highest BCUT2D eigenvalue weighted by Gasteiger charge is 2.31. The van der Waals surface area contributed by atoms with Gasteiger partial charge in [-0.25, -0.2) is 4.39 Å². The minimum Gasteiger partial charge on any atom is -0.489 e. The summed E-state index contributed by atoms with van der Waals surface area (Å²) in [7, 11) is 0. The monoisotopic (exact) mass is 491 g/mol. The van der Waals surface area contributed by atoms with E-state index >= 15 is 0 Å². The highest BCUT2D eigenvalue weighted by atomic mass is 32.1. The molecule has 0 aliphatic carbocycles. The molecule has 0 fully saturated rings. The second-order valence-corrected chi connectivity index (χ2v) is 9.92. The molecule has 0 radical (unpaired) electrons. The topological polar surface area (TPSA) is 54.9 Å². The summed E-state index contributed by atoms with van der Waals surface area (Å²) < 4.78 is 25.2. The Morgan fingerprint density at radius 2 is 1.80 bits per heavy atom. The maximum absolute atomic E-state index is 13.2. The van der Waals surface area contributed by atoms with Crippen molar-refractivity contribution in [3.05, 3.63) is 89.2 Å². The van der Waals surface area contributed by atoms with E-state index in [1.807, 2.05) is 44.2 Å². The Labute approximate surface area is 211 Å². The molecule has 1 aliphatic heterocycles. The van der Waals surface area contributed by atoms with E-state index < -0.39 is 5.60 Å². The van der Waals surface area contributed by atoms with Crippen LogP contribution in [0.3, 0.4) is 0 Å². The van der Waals surface area contributed by atoms with Crippen molar-refractivity contribution in [2.45, 2.75) is 52.2 Å². The van der Waals surface area contributed by atoms with E-state index in [2.05, 4.69) is 41.8 Å². The summed E-state index contributed by atoms with van der Waals surface area (Å²) >= 11 is 5.46. The minimum atomic E-state index is -0.411. The Morgan fingerprint density at radius 1 is 1.09 bits per heavy atom. The van der Waals surface area contributed by atoms with Gasteiger partial charge in [-0.3, -0.25) is 5.43 Å². The van der Waals surface area contributed by atoms with Crippen LogP contribution in [-0.2, 0) is 6.61 Å². The van der Waals surface area contributed by atoms with Crippen molar-refractivity contribution in [1.29, 1.82) is 0 Å². The van der Waals surface area contributed by atoms with Crippen molar-refractivity contribution in [2.75, 3.05) is 5.32 Å². The first-order chi connectivity index (χ1) is 16.7. The molecule has 0 saturated carbocycles.